The Morgan fingerprint density at radius 2 is 1.82 bits per heavy atom. The predicted molar refractivity (Wildman–Crippen MR) is 69.9 cm³/mol. The Morgan fingerprint density at radius 1 is 1.12 bits per heavy atom. The third-order valence-electron chi connectivity index (χ3n) is 2.56. The van der Waals surface area contributed by atoms with Crippen molar-refractivity contribution in [1.82, 2.24) is 0 Å². The number of rotatable bonds is 3. The first-order valence-electron chi connectivity index (χ1n) is 5.14. The second-order valence-corrected chi connectivity index (χ2v) is 4.13. The van der Waals surface area contributed by atoms with E-state index in [0.717, 1.165) is 5.56 Å². The van der Waals surface area contributed by atoms with E-state index in [1.807, 2.05) is 30.3 Å². The van der Waals surface area contributed by atoms with Crippen LogP contribution in [0.2, 0.25) is 5.02 Å². The summed E-state index contributed by atoms with van der Waals surface area (Å²) in [5.41, 5.74) is 7.80. The molecular weight excluding hydrogens is 236 g/mol. The van der Waals surface area contributed by atoms with Crippen molar-refractivity contribution in [1.29, 1.82) is 0 Å². The van der Waals surface area contributed by atoms with Gasteiger partial charge in [-0.05, 0) is 23.8 Å². The molecule has 0 bridgehead atoms. The molecule has 0 amide bonds. The molecule has 0 aliphatic rings. The lowest BCUT2D eigenvalue weighted by Gasteiger charge is -2.12. The average Bonchev–Trinajstić information content (AvgIpc) is 2.36. The summed E-state index contributed by atoms with van der Waals surface area (Å²) in [6, 6.07) is 13.7. The van der Waals surface area contributed by atoms with Gasteiger partial charge in [0.25, 0.3) is 0 Å². The highest BCUT2D eigenvalue weighted by Crippen LogP contribution is 2.31. The van der Waals surface area contributed by atoms with Gasteiger partial charge in [0.2, 0.25) is 0 Å². The molecule has 2 aromatic rings. The van der Waals surface area contributed by atoms with Crippen molar-refractivity contribution in [2.75, 3.05) is 5.73 Å². The van der Waals surface area contributed by atoms with E-state index in [0.29, 0.717) is 16.3 Å². The predicted octanol–water partition coefficient (Wildman–Crippen LogP) is 3.78. The molecule has 0 aromatic heterocycles. The lowest BCUT2D eigenvalue weighted by Crippen LogP contribution is -2.01. The number of benzene rings is 2. The number of hydrogen-bond donors (Lipinski definition) is 1. The van der Waals surface area contributed by atoms with Crippen LogP contribution in [0.15, 0.2) is 53.7 Å². The van der Waals surface area contributed by atoms with Crippen molar-refractivity contribution in [2.45, 2.75) is 6.04 Å². The summed E-state index contributed by atoms with van der Waals surface area (Å²) in [6.07, 6.45) is 0. The highest BCUT2D eigenvalue weighted by atomic mass is 35.5. The van der Waals surface area contributed by atoms with Crippen LogP contribution in [-0.2, 0) is 0 Å². The van der Waals surface area contributed by atoms with Crippen molar-refractivity contribution in [3.8, 4) is 0 Å². The third-order valence-corrected chi connectivity index (χ3v) is 2.80. The third kappa shape index (κ3) is 2.45. The number of nitroso groups, excluding NO2 is 1. The summed E-state index contributed by atoms with van der Waals surface area (Å²) in [5, 5.41) is 3.68. The summed E-state index contributed by atoms with van der Waals surface area (Å²) in [6.45, 7) is 0. The lowest BCUT2D eigenvalue weighted by molar-refractivity contribution is 0.866. The van der Waals surface area contributed by atoms with Gasteiger partial charge >= 0.3 is 0 Å². The molecule has 2 rings (SSSR count). The molecule has 0 saturated carbocycles. The summed E-state index contributed by atoms with van der Waals surface area (Å²) in [7, 11) is 0. The van der Waals surface area contributed by atoms with Crippen molar-refractivity contribution < 1.29 is 0 Å². The van der Waals surface area contributed by atoms with Gasteiger partial charge in [0, 0.05) is 16.3 Å². The second kappa shape index (κ2) is 4.97. The number of hydrogen-bond acceptors (Lipinski definition) is 3. The van der Waals surface area contributed by atoms with E-state index in [1.54, 1.807) is 18.2 Å². The molecule has 2 aromatic carbocycles. The van der Waals surface area contributed by atoms with E-state index >= 15 is 0 Å². The Kier molecular flexibility index (Phi) is 3.40. The number of nitrogens with two attached hydrogens (primary N) is 1. The van der Waals surface area contributed by atoms with E-state index < -0.39 is 6.04 Å². The van der Waals surface area contributed by atoms with E-state index in [2.05, 4.69) is 5.18 Å². The van der Waals surface area contributed by atoms with Crippen LogP contribution >= 0.6 is 11.6 Å². The standard InChI is InChI=1S/C13H11ClN2O/c14-10-6-7-12(15)11(8-10)13(16-17)9-4-2-1-3-5-9/h1-8,13H,15H2. The first-order valence-corrected chi connectivity index (χ1v) is 5.52. The molecule has 0 fully saturated rings. The molecule has 17 heavy (non-hydrogen) atoms. The maximum atomic E-state index is 11.0. The fourth-order valence-corrected chi connectivity index (χ4v) is 1.90. The number of halogens is 1. The topological polar surface area (TPSA) is 55.4 Å². The lowest BCUT2D eigenvalue weighted by atomic mass is 9.98. The highest BCUT2D eigenvalue weighted by molar-refractivity contribution is 6.30. The van der Waals surface area contributed by atoms with Crippen LogP contribution in [0.4, 0.5) is 5.69 Å². The van der Waals surface area contributed by atoms with Crippen LogP contribution in [0, 0.1) is 4.91 Å². The molecule has 1 atom stereocenters. The molecule has 0 spiro atoms. The molecule has 0 aliphatic carbocycles. The van der Waals surface area contributed by atoms with Gasteiger partial charge in [-0.3, -0.25) is 0 Å². The normalized spacial score (nSPS) is 12.1. The van der Waals surface area contributed by atoms with E-state index in [-0.39, 0.29) is 0 Å². The molecule has 2 N–H and O–H groups in total. The summed E-state index contributed by atoms with van der Waals surface area (Å²) in [5.74, 6) is 0. The minimum absolute atomic E-state index is 0.517. The van der Waals surface area contributed by atoms with Crippen molar-refractivity contribution in [2.24, 2.45) is 5.18 Å². The van der Waals surface area contributed by atoms with Crippen LogP contribution < -0.4 is 5.73 Å². The molecular formula is C13H11ClN2O. The van der Waals surface area contributed by atoms with E-state index in [4.69, 9.17) is 17.3 Å². The van der Waals surface area contributed by atoms with Gasteiger partial charge in [0.15, 0.2) is 0 Å². The second-order valence-electron chi connectivity index (χ2n) is 3.69. The number of anilines is 1. The minimum atomic E-state index is -0.616. The van der Waals surface area contributed by atoms with Gasteiger partial charge in [0.1, 0.15) is 6.04 Å². The van der Waals surface area contributed by atoms with Gasteiger partial charge in [-0.1, -0.05) is 47.1 Å². The Labute approximate surface area is 104 Å². The zero-order valence-electron chi connectivity index (χ0n) is 9.01. The molecule has 3 nitrogen and oxygen atoms in total. The fourth-order valence-electron chi connectivity index (χ4n) is 1.71. The molecule has 4 heteroatoms. The van der Waals surface area contributed by atoms with Crippen LogP contribution in [-0.4, -0.2) is 0 Å². The minimum Gasteiger partial charge on any atom is -0.398 e. The number of nitrogens with zero attached hydrogens (tertiary/aromatic N) is 1. The quantitative estimate of drug-likeness (QED) is 0.662. The van der Waals surface area contributed by atoms with Crippen LogP contribution in [0.1, 0.15) is 17.2 Å². The van der Waals surface area contributed by atoms with Crippen LogP contribution in [0.3, 0.4) is 0 Å². The Bertz CT molecular complexity index is 528. The van der Waals surface area contributed by atoms with Crippen LogP contribution in [0.25, 0.3) is 0 Å². The summed E-state index contributed by atoms with van der Waals surface area (Å²) in [4.78, 5) is 11.0. The van der Waals surface area contributed by atoms with Gasteiger partial charge in [0.05, 0.1) is 0 Å². The van der Waals surface area contributed by atoms with E-state index in [9.17, 15) is 4.91 Å². The van der Waals surface area contributed by atoms with E-state index in [1.165, 1.54) is 0 Å². The zero-order chi connectivity index (χ0) is 12.3. The summed E-state index contributed by atoms with van der Waals surface area (Å²) >= 11 is 5.91. The fraction of sp³-hybridized carbons (Fsp3) is 0.0769. The first-order chi connectivity index (χ1) is 8.22. The highest BCUT2D eigenvalue weighted by Gasteiger charge is 2.17. The average molecular weight is 247 g/mol. The summed E-state index contributed by atoms with van der Waals surface area (Å²) < 4.78 is 0. The molecule has 1 unspecified atom stereocenters. The number of nitrogen functional groups attached to an aromatic ring is 1. The molecule has 86 valence electrons. The van der Waals surface area contributed by atoms with Gasteiger partial charge in [-0.15, -0.1) is 4.91 Å². The Morgan fingerprint density at radius 3 is 2.47 bits per heavy atom. The molecule has 0 heterocycles. The molecule has 0 saturated heterocycles. The smallest absolute Gasteiger partial charge is 0.144 e. The monoisotopic (exact) mass is 246 g/mol. The van der Waals surface area contributed by atoms with Crippen molar-refractivity contribution >= 4 is 17.3 Å². The SMILES string of the molecule is Nc1ccc(Cl)cc1C(N=O)c1ccccc1. The van der Waals surface area contributed by atoms with Gasteiger partial charge < -0.3 is 5.73 Å². The Balaban J connectivity index is 2.49. The molecule has 0 radical (unpaired) electrons. The van der Waals surface area contributed by atoms with Gasteiger partial charge in [-0.25, -0.2) is 0 Å². The first kappa shape index (κ1) is 11.6. The van der Waals surface area contributed by atoms with Crippen molar-refractivity contribution in [3.05, 3.63) is 69.6 Å². The van der Waals surface area contributed by atoms with Crippen molar-refractivity contribution in [3.63, 3.8) is 0 Å². The largest absolute Gasteiger partial charge is 0.398 e. The zero-order valence-corrected chi connectivity index (χ0v) is 9.76. The maximum absolute atomic E-state index is 11.0. The van der Waals surface area contributed by atoms with Crippen LogP contribution in [0.5, 0.6) is 0 Å². The molecule has 0 aliphatic heterocycles. The Hall–Kier alpha value is -1.87. The van der Waals surface area contributed by atoms with Gasteiger partial charge in [-0.2, -0.15) is 0 Å². The maximum Gasteiger partial charge on any atom is 0.144 e.